The summed E-state index contributed by atoms with van der Waals surface area (Å²) in [4.78, 5) is 28.8. The van der Waals surface area contributed by atoms with E-state index in [1.807, 2.05) is 0 Å². The van der Waals surface area contributed by atoms with Crippen LogP contribution in [0.3, 0.4) is 0 Å². The number of hydrogen-bond acceptors (Lipinski definition) is 7. The van der Waals surface area contributed by atoms with E-state index in [1.54, 1.807) is 50.4 Å². The van der Waals surface area contributed by atoms with Gasteiger partial charge in [0.2, 0.25) is 11.8 Å². The molecule has 236 valence electrons. The molecular weight excluding hydrogens is 606 g/mol. The highest BCUT2D eigenvalue weighted by Gasteiger charge is 2.34. The summed E-state index contributed by atoms with van der Waals surface area (Å²) in [5, 5.41) is 3.47. The number of sulfonamides is 1. The van der Waals surface area contributed by atoms with Crippen molar-refractivity contribution in [1.82, 2.24) is 10.2 Å². The molecule has 0 spiro atoms. The molecular formula is C32H38ClN3O7S. The Morgan fingerprint density at radius 1 is 0.909 bits per heavy atom. The van der Waals surface area contributed by atoms with Crippen molar-refractivity contribution in [2.75, 3.05) is 32.2 Å². The second kappa shape index (κ2) is 14.7. The number of benzene rings is 3. The van der Waals surface area contributed by atoms with Gasteiger partial charge in [-0.15, -0.1) is 0 Å². The predicted molar refractivity (Wildman–Crippen MR) is 169 cm³/mol. The minimum absolute atomic E-state index is 0.0545. The number of rotatable bonds is 13. The molecule has 1 fully saturated rings. The first-order valence-electron chi connectivity index (χ1n) is 14.3. The lowest BCUT2D eigenvalue weighted by Gasteiger charge is -2.32. The van der Waals surface area contributed by atoms with Crippen LogP contribution in [0.4, 0.5) is 5.69 Å². The van der Waals surface area contributed by atoms with E-state index in [-0.39, 0.29) is 34.8 Å². The monoisotopic (exact) mass is 643 g/mol. The van der Waals surface area contributed by atoms with E-state index in [2.05, 4.69) is 5.32 Å². The van der Waals surface area contributed by atoms with E-state index < -0.39 is 28.5 Å². The Kier molecular flexibility index (Phi) is 11.0. The van der Waals surface area contributed by atoms with Crippen LogP contribution in [0.1, 0.15) is 38.2 Å². The molecule has 2 amide bonds. The largest absolute Gasteiger partial charge is 0.497 e. The van der Waals surface area contributed by atoms with E-state index in [0.29, 0.717) is 16.5 Å². The van der Waals surface area contributed by atoms with Crippen LogP contribution < -0.4 is 23.8 Å². The Morgan fingerprint density at radius 2 is 1.55 bits per heavy atom. The Morgan fingerprint density at radius 3 is 2.14 bits per heavy atom. The lowest BCUT2D eigenvalue weighted by atomic mass is 10.1. The molecule has 12 heteroatoms. The summed E-state index contributed by atoms with van der Waals surface area (Å²) in [5.41, 5.74) is 0.977. The summed E-state index contributed by atoms with van der Waals surface area (Å²) in [6, 6.07) is 16.7. The molecule has 1 saturated carbocycles. The molecule has 1 N–H and O–H groups in total. The van der Waals surface area contributed by atoms with Gasteiger partial charge >= 0.3 is 0 Å². The molecule has 44 heavy (non-hydrogen) atoms. The molecule has 1 unspecified atom stereocenters. The van der Waals surface area contributed by atoms with E-state index in [9.17, 15) is 18.0 Å². The number of carbonyl (C=O) groups is 2. The maximum atomic E-state index is 14.2. The number of anilines is 1. The fourth-order valence-electron chi connectivity index (χ4n) is 5.14. The molecule has 1 aliphatic carbocycles. The van der Waals surface area contributed by atoms with E-state index in [4.69, 9.17) is 25.8 Å². The first kappa shape index (κ1) is 32.9. The van der Waals surface area contributed by atoms with Gasteiger partial charge in [0.25, 0.3) is 10.0 Å². The van der Waals surface area contributed by atoms with Crippen LogP contribution in [-0.4, -0.2) is 65.1 Å². The highest BCUT2D eigenvalue weighted by molar-refractivity contribution is 7.92. The van der Waals surface area contributed by atoms with Gasteiger partial charge in [-0.05, 0) is 73.9 Å². The summed E-state index contributed by atoms with van der Waals surface area (Å²) >= 11 is 6.11. The van der Waals surface area contributed by atoms with Gasteiger partial charge in [-0.2, -0.15) is 0 Å². The Labute approximate surface area is 263 Å². The Bertz CT molecular complexity index is 1540. The zero-order valence-electron chi connectivity index (χ0n) is 25.3. The van der Waals surface area contributed by atoms with Crippen molar-refractivity contribution in [3.05, 3.63) is 77.3 Å². The molecule has 0 saturated heterocycles. The Hall–Kier alpha value is -3.96. The van der Waals surface area contributed by atoms with E-state index in [1.165, 1.54) is 49.5 Å². The van der Waals surface area contributed by atoms with Gasteiger partial charge < -0.3 is 24.4 Å². The fourth-order valence-corrected chi connectivity index (χ4v) is 6.70. The van der Waals surface area contributed by atoms with Crippen molar-refractivity contribution >= 4 is 39.1 Å². The maximum absolute atomic E-state index is 14.2. The van der Waals surface area contributed by atoms with Crippen LogP contribution in [0, 0.1) is 0 Å². The van der Waals surface area contributed by atoms with Crippen molar-refractivity contribution in [1.29, 1.82) is 0 Å². The number of amides is 2. The van der Waals surface area contributed by atoms with Crippen LogP contribution in [0.15, 0.2) is 71.6 Å². The van der Waals surface area contributed by atoms with Gasteiger partial charge in [0.1, 0.15) is 18.3 Å². The van der Waals surface area contributed by atoms with Crippen LogP contribution in [0.5, 0.6) is 17.2 Å². The van der Waals surface area contributed by atoms with Gasteiger partial charge in [-0.25, -0.2) is 8.42 Å². The smallest absolute Gasteiger partial charge is 0.264 e. The summed E-state index contributed by atoms with van der Waals surface area (Å²) in [6.07, 6.45) is 3.85. The maximum Gasteiger partial charge on any atom is 0.264 e. The summed E-state index contributed by atoms with van der Waals surface area (Å²) < 4.78 is 45.2. The normalized spacial score (nSPS) is 14.0. The van der Waals surface area contributed by atoms with Crippen molar-refractivity contribution in [3.8, 4) is 17.2 Å². The molecule has 0 heterocycles. The average molecular weight is 644 g/mol. The second-order valence-electron chi connectivity index (χ2n) is 10.5. The standard InChI is InChI=1S/C32H38ClN3O7S/c1-22(32(38)34-25-7-5-6-8-25)35(20-23-9-15-27(41-2)16-10-23)31(37)21-36(26-13-11-24(33)12-14-26)44(39,40)28-17-18-29(42-3)30(19-28)43-4/h9-19,22,25H,5-8,20-21H2,1-4H3,(H,34,38). The van der Waals surface area contributed by atoms with Crippen molar-refractivity contribution in [3.63, 3.8) is 0 Å². The van der Waals surface area contributed by atoms with Gasteiger partial charge in [-0.1, -0.05) is 36.6 Å². The van der Waals surface area contributed by atoms with E-state index in [0.717, 1.165) is 35.6 Å². The van der Waals surface area contributed by atoms with Crippen LogP contribution in [0.2, 0.25) is 5.02 Å². The third kappa shape index (κ3) is 7.75. The summed E-state index contributed by atoms with van der Waals surface area (Å²) in [7, 11) is 0.108. The summed E-state index contributed by atoms with van der Waals surface area (Å²) in [6.45, 7) is 1.16. The van der Waals surface area contributed by atoms with Gasteiger partial charge in [0.15, 0.2) is 11.5 Å². The molecule has 0 bridgehead atoms. The molecule has 0 aromatic heterocycles. The molecule has 1 aliphatic rings. The van der Waals surface area contributed by atoms with Crippen molar-refractivity contribution < 1.29 is 32.2 Å². The van der Waals surface area contributed by atoms with Gasteiger partial charge in [-0.3, -0.25) is 13.9 Å². The molecule has 0 aliphatic heterocycles. The lowest BCUT2D eigenvalue weighted by molar-refractivity contribution is -0.139. The number of carbonyl (C=O) groups excluding carboxylic acids is 2. The van der Waals surface area contributed by atoms with E-state index >= 15 is 0 Å². The first-order chi connectivity index (χ1) is 21.1. The number of methoxy groups -OCH3 is 3. The lowest BCUT2D eigenvalue weighted by Crippen LogP contribution is -2.52. The molecule has 4 rings (SSSR count). The zero-order chi connectivity index (χ0) is 31.9. The number of nitrogens with one attached hydrogen (secondary N) is 1. The minimum Gasteiger partial charge on any atom is -0.497 e. The molecule has 1 atom stereocenters. The SMILES string of the molecule is COc1ccc(CN(C(=O)CN(c2ccc(Cl)cc2)S(=O)(=O)c2ccc(OC)c(OC)c2)C(C)C(=O)NC2CCCC2)cc1. The fraction of sp³-hybridized carbons (Fsp3) is 0.375. The summed E-state index contributed by atoms with van der Waals surface area (Å²) in [5.74, 6) is 0.365. The first-order valence-corrected chi connectivity index (χ1v) is 16.1. The second-order valence-corrected chi connectivity index (χ2v) is 12.8. The molecule has 0 radical (unpaired) electrons. The third-order valence-corrected chi connectivity index (χ3v) is 9.74. The Balaban J connectivity index is 1.71. The third-order valence-electron chi connectivity index (χ3n) is 7.72. The molecule has 3 aromatic rings. The number of halogens is 1. The quantitative estimate of drug-likeness (QED) is 0.278. The topological polar surface area (TPSA) is 114 Å². The van der Waals surface area contributed by atoms with Gasteiger partial charge in [0, 0.05) is 23.7 Å². The highest BCUT2D eigenvalue weighted by Crippen LogP contribution is 2.33. The molecule has 10 nitrogen and oxygen atoms in total. The average Bonchev–Trinajstić information content (AvgIpc) is 3.55. The van der Waals surface area contributed by atoms with Crippen LogP contribution in [-0.2, 0) is 26.2 Å². The number of hydrogen-bond donors (Lipinski definition) is 1. The number of nitrogens with zero attached hydrogens (tertiary/aromatic N) is 2. The van der Waals surface area contributed by atoms with Crippen LogP contribution in [0.25, 0.3) is 0 Å². The minimum atomic E-state index is -4.31. The van der Waals surface area contributed by atoms with Crippen LogP contribution >= 0.6 is 11.6 Å². The van der Waals surface area contributed by atoms with Crippen molar-refractivity contribution in [2.45, 2.75) is 56.1 Å². The van der Waals surface area contributed by atoms with Gasteiger partial charge in [0.05, 0.1) is 31.9 Å². The predicted octanol–water partition coefficient (Wildman–Crippen LogP) is 5.04. The zero-order valence-corrected chi connectivity index (χ0v) is 26.9. The van der Waals surface area contributed by atoms with Crippen molar-refractivity contribution in [2.24, 2.45) is 0 Å². The highest BCUT2D eigenvalue weighted by atomic mass is 35.5. The number of ether oxygens (including phenoxy) is 3. The molecule has 3 aromatic carbocycles.